The maximum atomic E-state index is 11.3. The van der Waals surface area contributed by atoms with E-state index in [4.69, 9.17) is 11.6 Å². The summed E-state index contributed by atoms with van der Waals surface area (Å²) in [7, 11) is 1.29. The molecule has 8 heteroatoms. The zero-order valence-corrected chi connectivity index (χ0v) is 12.4. The number of hydrogen-bond donors (Lipinski definition) is 0. The van der Waals surface area contributed by atoms with Crippen molar-refractivity contribution in [3.05, 3.63) is 28.6 Å². The zero-order chi connectivity index (χ0) is 14.7. The van der Waals surface area contributed by atoms with E-state index in [1.54, 1.807) is 4.68 Å². The number of ether oxygens (including phenoxy) is 1. The number of carbonyl (C=O) groups is 1. The molecule has 2 aromatic heterocycles. The molecule has 2 rings (SSSR count). The highest BCUT2D eigenvalue weighted by molar-refractivity contribution is 6.31. The van der Waals surface area contributed by atoms with Gasteiger partial charge in [-0.1, -0.05) is 18.5 Å². The molecule has 0 saturated heterocycles. The quantitative estimate of drug-likeness (QED) is 0.783. The molecular formula is C12H16ClN5O2. The van der Waals surface area contributed by atoms with E-state index in [1.165, 1.54) is 13.4 Å². The van der Waals surface area contributed by atoms with E-state index < -0.39 is 5.97 Å². The van der Waals surface area contributed by atoms with Crippen molar-refractivity contribution in [3.8, 4) is 0 Å². The normalized spacial score (nSPS) is 10.8. The lowest BCUT2D eigenvalue weighted by atomic mass is 10.3. The van der Waals surface area contributed by atoms with E-state index in [9.17, 15) is 4.79 Å². The number of aromatic nitrogens is 5. The monoisotopic (exact) mass is 297 g/mol. The average molecular weight is 298 g/mol. The van der Waals surface area contributed by atoms with E-state index in [1.807, 2.05) is 18.5 Å². The van der Waals surface area contributed by atoms with Gasteiger partial charge < -0.3 is 4.74 Å². The standard InChI is InChI=1S/C12H16ClN5O2/c1-4-8-10(13)9(18(5-2)15-8)6-17-7-14-11(16-17)12(19)20-3/h7H,4-6H2,1-3H3. The predicted molar refractivity (Wildman–Crippen MR) is 72.8 cm³/mol. The van der Waals surface area contributed by atoms with Crippen LogP contribution in [0.3, 0.4) is 0 Å². The maximum absolute atomic E-state index is 11.3. The second kappa shape index (κ2) is 6.04. The van der Waals surface area contributed by atoms with Gasteiger partial charge in [0.25, 0.3) is 5.82 Å². The summed E-state index contributed by atoms with van der Waals surface area (Å²) in [5.74, 6) is -0.532. The fraction of sp³-hybridized carbons (Fsp3) is 0.500. The van der Waals surface area contributed by atoms with Gasteiger partial charge >= 0.3 is 5.97 Å². The predicted octanol–water partition coefficient (Wildman–Crippen LogP) is 1.55. The summed E-state index contributed by atoms with van der Waals surface area (Å²) in [6.45, 7) is 5.12. The summed E-state index contributed by atoms with van der Waals surface area (Å²) in [5, 5.41) is 9.13. The van der Waals surface area contributed by atoms with Crippen molar-refractivity contribution in [2.75, 3.05) is 7.11 Å². The van der Waals surface area contributed by atoms with Crippen molar-refractivity contribution in [2.24, 2.45) is 0 Å². The summed E-state index contributed by atoms with van der Waals surface area (Å²) in [5.41, 5.74) is 1.71. The van der Waals surface area contributed by atoms with E-state index in [2.05, 4.69) is 19.9 Å². The molecule has 0 aromatic carbocycles. The van der Waals surface area contributed by atoms with Crippen LogP contribution < -0.4 is 0 Å². The second-order valence-corrected chi connectivity index (χ2v) is 4.51. The first-order valence-corrected chi connectivity index (χ1v) is 6.70. The van der Waals surface area contributed by atoms with Crippen LogP contribution in [0.5, 0.6) is 0 Å². The molecule has 2 aromatic rings. The van der Waals surface area contributed by atoms with Crippen LogP contribution in [0.25, 0.3) is 0 Å². The number of nitrogens with zero attached hydrogens (tertiary/aromatic N) is 5. The van der Waals surface area contributed by atoms with Gasteiger partial charge in [-0.05, 0) is 13.3 Å². The molecule has 0 N–H and O–H groups in total. The van der Waals surface area contributed by atoms with Gasteiger partial charge in [-0.25, -0.2) is 14.5 Å². The Morgan fingerprint density at radius 1 is 1.40 bits per heavy atom. The second-order valence-electron chi connectivity index (χ2n) is 4.13. The number of carbonyl (C=O) groups excluding carboxylic acids is 1. The fourth-order valence-corrected chi connectivity index (χ4v) is 2.21. The Labute approximate surface area is 121 Å². The van der Waals surface area contributed by atoms with Crippen LogP contribution >= 0.6 is 11.6 Å². The molecule has 2 heterocycles. The maximum Gasteiger partial charge on any atom is 0.377 e. The molecule has 0 saturated carbocycles. The molecule has 7 nitrogen and oxygen atoms in total. The highest BCUT2D eigenvalue weighted by Gasteiger charge is 2.17. The highest BCUT2D eigenvalue weighted by atomic mass is 35.5. The Balaban J connectivity index is 2.27. The Morgan fingerprint density at radius 2 is 2.15 bits per heavy atom. The van der Waals surface area contributed by atoms with Crippen molar-refractivity contribution in [1.82, 2.24) is 24.5 Å². The lowest BCUT2D eigenvalue weighted by Crippen LogP contribution is -2.10. The van der Waals surface area contributed by atoms with Crippen molar-refractivity contribution >= 4 is 17.6 Å². The van der Waals surface area contributed by atoms with Gasteiger partial charge in [0.2, 0.25) is 0 Å². The van der Waals surface area contributed by atoms with E-state index in [0.29, 0.717) is 18.1 Å². The van der Waals surface area contributed by atoms with Crippen molar-refractivity contribution < 1.29 is 9.53 Å². The number of rotatable bonds is 5. The zero-order valence-electron chi connectivity index (χ0n) is 11.6. The van der Waals surface area contributed by atoms with Crippen LogP contribution in [0.15, 0.2) is 6.33 Å². The van der Waals surface area contributed by atoms with Crippen molar-refractivity contribution in [3.63, 3.8) is 0 Å². The van der Waals surface area contributed by atoms with E-state index >= 15 is 0 Å². The molecule has 0 unspecified atom stereocenters. The van der Waals surface area contributed by atoms with Crippen LogP contribution in [-0.4, -0.2) is 37.6 Å². The summed E-state index contributed by atoms with van der Waals surface area (Å²) in [4.78, 5) is 15.2. The molecule has 0 aliphatic heterocycles. The van der Waals surface area contributed by atoms with Gasteiger partial charge in [-0.15, -0.1) is 5.10 Å². The first-order valence-electron chi connectivity index (χ1n) is 6.32. The number of esters is 1. The summed E-state index contributed by atoms with van der Waals surface area (Å²) in [6, 6.07) is 0. The van der Waals surface area contributed by atoms with Crippen LogP contribution in [0, 0.1) is 0 Å². The molecular weight excluding hydrogens is 282 g/mol. The summed E-state index contributed by atoms with van der Waals surface area (Å²) in [6.07, 6.45) is 2.24. The topological polar surface area (TPSA) is 74.8 Å². The number of aryl methyl sites for hydroxylation is 2. The fourth-order valence-electron chi connectivity index (χ4n) is 1.88. The molecule has 0 atom stereocenters. The van der Waals surface area contributed by atoms with Crippen LogP contribution in [0.2, 0.25) is 5.02 Å². The van der Waals surface area contributed by atoms with Crippen LogP contribution in [0.1, 0.15) is 35.9 Å². The molecule has 0 bridgehead atoms. The van der Waals surface area contributed by atoms with Crippen molar-refractivity contribution in [1.29, 1.82) is 0 Å². The minimum atomic E-state index is -0.562. The van der Waals surface area contributed by atoms with Crippen LogP contribution in [-0.2, 0) is 24.2 Å². The Bertz CT molecular complexity index is 619. The third kappa shape index (κ3) is 2.67. The van der Waals surface area contributed by atoms with Gasteiger partial charge in [0, 0.05) is 6.54 Å². The molecule has 108 valence electrons. The number of halogens is 1. The van der Waals surface area contributed by atoms with Crippen LogP contribution in [0.4, 0.5) is 0 Å². The van der Waals surface area contributed by atoms with Gasteiger partial charge in [0.15, 0.2) is 0 Å². The third-order valence-electron chi connectivity index (χ3n) is 2.91. The number of hydrogen-bond acceptors (Lipinski definition) is 5. The van der Waals surface area contributed by atoms with Gasteiger partial charge in [-0.3, -0.25) is 4.68 Å². The first-order chi connectivity index (χ1) is 9.60. The number of methoxy groups -OCH3 is 1. The summed E-state index contributed by atoms with van der Waals surface area (Å²) >= 11 is 6.32. The summed E-state index contributed by atoms with van der Waals surface area (Å²) < 4.78 is 7.95. The highest BCUT2D eigenvalue weighted by Crippen LogP contribution is 2.22. The van der Waals surface area contributed by atoms with Gasteiger partial charge in [-0.2, -0.15) is 5.10 Å². The third-order valence-corrected chi connectivity index (χ3v) is 3.35. The molecule has 0 radical (unpaired) electrons. The SMILES string of the molecule is CCc1nn(CC)c(Cn2cnc(C(=O)OC)n2)c1Cl. The Morgan fingerprint density at radius 3 is 2.75 bits per heavy atom. The van der Waals surface area contributed by atoms with Gasteiger partial charge in [0.1, 0.15) is 6.33 Å². The average Bonchev–Trinajstić information content (AvgIpc) is 3.04. The lowest BCUT2D eigenvalue weighted by Gasteiger charge is -2.04. The van der Waals surface area contributed by atoms with E-state index in [-0.39, 0.29) is 5.82 Å². The molecule has 0 aliphatic rings. The Hall–Kier alpha value is -1.89. The molecule has 0 fully saturated rings. The van der Waals surface area contributed by atoms with Crippen molar-refractivity contribution in [2.45, 2.75) is 33.4 Å². The lowest BCUT2D eigenvalue weighted by molar-refractivity contribution is 0.0586. The largest absolute Gasteiger partial charge is 0.463 e. The molecule has 0 amide bonds. The Kier molecular flexibility index (Phi) is 4.39. The minimum absolute atomic E-state index is 0.0295. The minimum Gasteiger partial charge on any atom is -0.463 e. The molecule has 0 spiro atoms. The molecule has 0 aliphatic carbocycles. The first kappa shape index (κ1) is 14.5. The van der Waals surface area contributed by atoms with Gasteiger partial charge in [0.05, 0.1) is 30.1 Å². The smallest absolute Gasteiger partial charge is 0.377 e. The molecule has 20 heavy (non-hydrogen) atoms. The van der Waals surface area contributed by atoms with E-state index in [0.717, 1.165) is 17.8 Å².